The molecule has 0 saturated heterocycles. The molecule has 0 aliphatic carbocycles. The van der Waals surface area contributed by atoms with E-state index in [1.807, 2.05) is 0 Å². The summed E-state index contributed by atoms with van der Waals surface area (Å²) in [5, 5.41) is 0. The molecule has 5 nitrogen and oxygen atoms in total. The van der Waals surface area contributed by atoms with E-state index in [0.29, 0.717) is 6.42 Å². The van der Waals surface area contributed by atoms with Crippen LogP contribution in [0.2, 0.25) is 0 Å². The monoisotopic (exact) mass is 324 g/mol. The number of phosphoric acid groups is 1. The SMILES string of the molecule is CCCC[N+](CCCC)(CCCC)CCCOP(=O)(O)O. The van der Waals surface area contributed by atoms with Gasteiger partial charge in [-0.3, -0.25) is 4.52 Å². The van der Waals surface area contributed by atoms with E-state index in [1.54, 1.807) is 0 Å². The highest BCUT2D eigenvalue weighted by Gasteiger charge is 2.25. The fourth-order valence-electron chi connectivity index (χ4n) is 2.73. The molecule has 0 aliphatic heterocycles. The highest BCUT2D eigenvalue weighted by Crippen LogP contribution is 2.35. The van der Waals surface area contributed by atoms with Crippen LogP contribution in [-0.4, -0.2) is 47.1 Å². The Morgan fingerprint density at radius 2 is 1.19 bits per heavy atom. The molecule has 128 valence electrons. The Morgan fingerprint density at radius 3 is 1.52 bits per heavy atom. The summed E-state index contributed by atoms with van der Waals surface area (Å²) in [5.74, 6) is 0. The zero-order valence-electron chi connectivity index (χ0n) is 14.1. The van der Waals surface area contributed by atoms with E-state index in [4.69, 9.17) is 9.79 Å². The van der Waals surface area contributed by atoms with Crippen LogP contribution >= 0.6 is 7.82 Å². The fourth-order valence-corrected chi connectivity index (χ4v) is 3.10. The van der Waals surface area contributed by atoms with E-state index >= 15 is 0 Å². The molecule has 0 amide bonds. The Balaban J connectivity index is 4.51. The molecule has 0 bridgehead atoms. The minimum absolute atomic E-state index is 0.147. The van der Waals surface area contributed by atoms with Gasteiger partial charge in [0, 0.05) is 6.42 Å². The molecule has 0 aromatic heterocycles. The third-order valence-corrected chi connectivity index (χ3v) is 4.51. The van der Waals surface area contributed by atoms with Crippen molar-refractivity contribution >= 4 is 7.82 Å². The third-order valence-electron chi connectivity index (χ3n) is 3.99. The lowest BCUT2D eigenvalue weighted by Gasteiger charge is -2.39. The molecule has 0 heterocycles. The molecule has 0 aromatic rings. The molecule has 6 heteroatoms. The van der Waals surface area contributed by atoms with E-state index in [-0.39, 0.29) is 6.61 Å². The maximum Gasteiger partial charge on any atom is 0.469 e. The highest BCUT2D eigenvalue weighted by molar-refractivity contribution is 7.46. The maximum atomic E-state index is 10.7. The molecular weight excluding hydrogens is 289 g/mol. The predicted molar refractivity (Wildman–Crippen MR) is 87.1 cm³/mol. The lowest BCUT2D eigenvalue weighted by atomic mass is 10.1. The summed E-state index contributed by atoms with van der Waals surface area (Å²) in [6.07, 6.45) is 7.93. The van der Waals surface area contributed by atoms with Gasteiger partial charge in [-0.2, -0.15) is 0 Å². The highest BCUT2D eigenvalue weighted by atomic mass is 31.2. The Kier molecular flexibility index (Phi) is 11.7. The van der Waals surface area contributed by atoms with Crippen LogP contribution in [0.3, 0.4) is 0 Å². The smallest absolute Gasteiger partial charge is 0.324 e. The van der Waals surface area contributed by atoms with Gasteiger partial charge in [0.25, 0.3) is 0 Å². The average molecular weight is 324 g/mol. The van der Waals surface area contributed by atoms with Crippen LogP contribution in [0.1, 0.15) is 65.7 Å². The summed E-state index contributed by atoms with van der Waals surface area (Å²) >= 11 is 0. The van der Waals surface area contributed by atoms with Crippen molar-refractivity contribution in [1.29, 1.82) is 0 Å². The van der Waals surface area contributed by atoms with Gasteiger partial charge in [0.15, 0.2) is 0 Å². The normalized spacial score (nSPS) is 12.8. The second-order valence-corrected chi connectivity index (χ2v) is 7.21. The molecule has 0 rings (SSSR count). The summed E-state index contributed by atoms with van der Waals surface area (Å²) < 4.78 is 16.4. The van der Waals surface area contributed by atoms with Crippen LogP contribution < -0.4 is 0 Å². The van der Waals surface area contributed by atoms with Crippen molar-refractivity contribution in [3.63, 3.8) is 0 Å². The molecule has 0 saturated carbocycles. The minimum atomic E-state index is -4.32. The van der Waals surface area contributed by atoms with E-state index in [1.165, 1.54) is 58.2 Å². The first-order valence-electron chi connectivity index (χ1n) is 8.44. The lowest BCUT2D eigenvalue weighted by Crippen LogP contribution is -2.51. The second kappa shape index (κ2) is 11.6. The number of hydrogen-bond donors (Lipinski definition) is 2. The number of quaternary nitrogens is 1. The van der Waals surface area contributed by atoms with Gasteiger partial charge in [-0.15, -0.1) is 0 Å². The standard InChI is InChI=1S/C15H34NO4P/c1-4-7-11-16(12-8-5-2,13-9-6-3)14-10-15-20-21(17,18)19/h4-15H2,1-3H3,(H-,17,18,19)/p+1. The minimum Gasteiger partial charge on any atom is -0.324 e. The van der Waals surface area contributed by atoms with E-state index < -0.39 is 7.82 Å². The molecule has 0 fully saturated rings. The number of phosphoric ester groups is 1. The van der Waals surface area contributed by atoms with Gasteiger partial charge in [0.05, 0.1) is 32.8 Å². The van der Waals surface area contributed by atoms with E-state index in [2.05, 4.69) is 25.3 Å². The van der Waals surface area contributed by atoms with Crippen molar-refractivity contribution in [3.8, 4) is 0 Å². The van der Waals surface area contributed by atoms with Crippen LogP contribution in [-0.2, 0) is 9.09 Å². The van der Waals surface area contributed by atoms with Gasteiger partial charge in [0.2, 0.25) is 0 Å². The van der Waals surface area contributed by atoms with Gasteiger partial charge in [-0.25, -0.2) is 4.57 Å². The van der Waals surface area contributed by atoms with Crippen LogP contribution in [0.25, 0.3) is 0 Å². The fraction of sp³-hybridized carbons (Fsp3) is 1.00. The second-order valence-electron chi connectivity index (χ2n) is 5.97. The maximum absolute atomic E-state index is 10.7. The van der Waals surface area contributed by atoms with Gasteiger partial charge < -0.3 is 14.3 Å². The molecule has 0 atom stereocenters. The van der Waals surface area contributed by atoms with Crippen LogP contribution in [0, 0.1) is 0 Å². The first-order chi connectivity index (χ1) is 9.89. The molecule has 0 spiro atoms. The Bertz CT molecular complexity index is 272. The molecule has 0 radical (unpaired) electrons. The molecule has 2 N–H and O–H groups in total. The summed E-state index contributed by atoms with van der Waals surface area (Å²) in [6, 6.07) is 0. The quantitative estimate of drug-likeness (QED) is 0.290. The van der Waals surface area contributed by atoms with Gasteiger partial charge >= 0.3 is 7.82 Å². The van der Waals surface area contributed by atoms with Gasteiger partial charge in [-0.1, -0.05) is 40.0 Å². The first kappa shape index (κ1) is 21.1. The zero-order valence-corrected chi connectivity index (χ0v) is 15.0. The summed E-state index contributed by atoms with van der Waals surface area (Å²) in [5.41, 5.74) is 0. The predicted octanol–water partition coefficient (Wildman–Crippen LogP) is 3.70. The number of nitrogens with zero attached hydrogens (tertiary/aromatic N) is 1. The molecule has 0 aliphatic rings. The van der Waals surface area contributed by atoms with Crippen molar-refractivity contribution < 1.29 is 23.4 Å². The first-order valence-corrected chi connectivity index (χ1v) is 9.97. The number of unbranched alkanes of at least 4 members (excludes halogenated alkanes) is 3. The Morgan fingerprint density at radius 1 is 0.810 bits per heavy atom. The number of hydrogen-bond acceptors (Lipinski definition) is 2. The number of rotatable bonds is 14. The third kappa shape index (κ3) is 11.3. The average Bonchev–Trinajstić information content (AvgIpc) is 2.43. The topological polar surface area (TPSA) is 66.8 Å². The Labute approximate surface area is 130 Å². The van der Waals surface area contributed by atoms with Crippen LogP contribution in [0.15, 0.2) is 0 Å². The van der Waals surface area contributed by atoms with Crippen molar-refractivity contribution in [2.24, 2.45) is 0 Å². The van der Waals surface area contributed by atoms with Crippen molar-refractivity contribution in [3.05, 3.63) is 0 Å². The van der Waals surface area contributed by atoms with Crippen LogP contribution in [0.5, 0.6) is 0 Å². The Hall–Kier alpha value is 0.0700. The van der Waals surface area contributed by atoms with E-state index in [0.717, 1.165) is 11.0 Å². The lowest BCUT2D eigenvalue weighted by molar-refractivity contribution is -0.929. The molecule has 0 unspecified atom stereocenters. The summed E-state index contributed by atoms with van der Waals surface area (Å²) in [6.45, 7) is 11.3. The van der Waals surface area contributed by atoms with E-state index in [9.17, 15) is 4.57 Å². The largest absolute Gasteiger partial charge is 0.469 e. The summed E-state index contributed by atoms with van der Waals surface area (Å²) in [4.78, 5) is 17.5. The van der Waals surface area contributed by atoms with Crippen LogP contribution in [0.4, 0.5) is 0 Å². The zero-order chi connectivity index (χ0) is 16.2. The van der Waals surface area contributed by atoms with Gasteiger partial charge in [0.1, 0.15) is 0 Å². The van der Waals surface area contributed by atoms with Crippen molar-refractivity contribution in [1.82, 2.24) is 0 Å². The van der Waals surface area contributed by atoms with Crippen molar-refractivity contribution in [2.75, 3.05) is 32.8 Å². The molecular formula is C15H35NO4P+. The van der Waals surface area contributed by atoms with Crippen molar-refractivity contribution in [2.45, 2.75) is 65.7 Å². The molecule has 21 heavy (non-hydrogen) atoms. The van der Waals surface area contributed by atoms with Gasteiger partial charge in [-0.05, 0) is 19.3 Å². The summed E-state index contributed by atoms with van der Waals surface area (Å²) in [7, 11) is -4.32. The molecule has 0 aromatic carbocycles.